The first-order chi connectivity index (χ1) is 12.0. The van der Waals surface area contributed by atoms with E-state index in [1.165, 1.54) is 11.3 Å². The molecule has 25 heavy (non-hydrogen) atoms. The fourth-order valence-electron chi connectivity index (χ4n) is 2.96. The van der Waals surface area contributed by atoms with Crippen molar-refractivity contribution in [2.75, 3.05) is 11.9 Å². The molecule has 1 aliphatic carbocycles. The number of hydrogen-bond donors (Lipinski definition) is 1. The van der Waals surface area contributed by atoms with Crippen LogP contribution in [0.3, 0.4) is 0 Å². The second-order valence-corrected chi connectivity index (χ2v) is 7.81. The molecule has 1 amide bonds. The minimum Gasteiger partial charge on any atom is -0.483 e. The topological polar surface area (TPSA) is 62.1 Å². The van der Waals surface area contributed by atoms with E-state index in [-0.39, 0.29) is 12.5 Å². The van der Waals surface area contributed by atoms with Gasteiger partial charge in [0, 0.05) is 0 Å². The van der Waals surface area contributed by atoms with Crippen LogP contribution in [0.15, 0.2) is 18.2 Å². The van der Waals surface area contributed by atoms with E-state index in [1.807, 2.05) is 32.0 Å². The maximum absolute atomic E-state index is 12.3. The van der Waals surface area contributed by atoms with Gasteiger partial charge in [-0.05, 0) is 61.4 Å². The highest BCUT2D eigenvalue weighted by atomic mass is 32.1. The molecule has 1 aromatic carbocycles. The maximum Gasteiger partial charge on any atom is 0.262 e. The van der Waals surface area contributed by atoms with Gasteiger partial charge in [0.1, 0.15) is 16.8 Å². The minimum absolute atomic E-state index is 0.105. The number of benzene rings is 1. The Balaban J connectivity index is 1.76. The van der Waals surface area contributed by atoms with E-state index < -0.39 is 0 Å². The van der Waals surface area contributed by atoms with Gasteiger partial charge in [0.25, 0.3) is 5.91 Å². The molecule has 4 nitrogen and oxygen atoms in total. The van der Waals surface area contributed by atoms with Crippen LogP contribution in [0.2, 0.25) is 0 Å². The van der Waals surface area contributed by atoms with Crippen LogP contribution in [-0.4, -0.2) is 12.5 Å². The summed E-state index contributed by atoms with van der Waals surface area (Å²) in [6, 6.07) is 8.09. The Labute approximate surface area is 156 Å². The molecule has 0 fully saturated rings. The van der Waals surface area contributed by atoms with Crippen LogP contribution in [-0.2, 0) is 17.6 Å². The summed E-state index contributed by atoms with van der Waals surface area (Å²) in [5, 5.41) is 12.8. The van der Waals surface area contributed by atoms with Gasteiger partial charge in [-0.15, -0.1) is 11.3 Å². The summed E-state index contributed by atoms with van der Waals surface area (Å²) in [5.41, 5.74) is 4.69. The van der Waals surface area contributed by atoms with Gasteiger partial charge in [-0.2, -0.15) is 5.26 Å². The first-order valence-electron chi connectivity index (χ1n) is 8.08. The number of hydrogen-bond acceptors (Lipinski definition) is 5. The molecule has 0 atom stereocenters. The quantitative estimate of drug-likeness (QED) is 0.807. The predicted octanol–water partition coefficient (Wildman–Crippen LogP) is 4.47. The molecular formula is C19H18N2O2S2. The Morgan fingerprint density at radius 3 is 2.88 bits per heavy atom. The predicted molar refractivity (Wildman–Crippen MR) is 102 cm³/mol. The summed E-state index contributed by atoms with van der Waals surface area (Å²) >= 11 is 6.72. The molecule has 128 valence electrons. The zero-order valence-electron chi connectivity index (χ0n) is 14.1. The maximum atomic E-state index is 12.3. The second-order valence-electron chi connectivity index (χ2n) is 6.12. The van der Waals surface area contributed by atoms with Crippen molar-refractivity contribution >= 4 is 34.5 Å². The van der Waals surface area contributed by atoms with E-state index in [1.54, 1.807) is 0 Å². The molecule has 0 spiro atoms. The van der Waals surface area contributed by atoms with Gasteiger partial charge in [-0.3, -0.25) is 4.79 Å². The molecule has 1 aliphatic rings. The zero-order chi connectivity index (χ0) is 18.0. The SMILES string of the molecule is Cc1ccc(C)c(OCC(=O)Nc2sc(=S)c3c(c2C#N)CCC3)c1. The van der Waals surface area contributed by atoms with Crippen LogP contribution >= 0.6 is 23.6 Å². The van der Waals surface area contributed by atoms with E-state index in [0.29, 0.717) is 16.3 Å². The highest BCUT2D eigenvalue weighted by Crippen LogP contribution is 2.35. The highest BCUT2D eigenvalue weighted by molar-refractivity contribution is 7.73. The number of nitrogens with zero attached hydrogens (tertiary/aromatic N) is 1. The van der Waals surface area contributed by atoms with Gasteiger partial charge in [-0.25, -0.2) is 0 Å². The number of aryl methyl sites for hydroxylation is 2. The van der Waals surface area contributed by atoms with Crippen molar-refractivity contribution in [1.82, 2.24) is 0 Å². The fraction of sp³-hybridized carbons (Fsp3) is 0.316. The Morgan fingerprint density at radius 2 is 2.12 bits per heavy atom. The van der Waals surface area contributed by atoms with Gasteiger partial charge < -0.3 is 10.1 Å². The van der Waals surface area contributed by atoms with Crippen molar-refractivity contribution < 1.29 is 9.53 Å². The average molecular weight is 370 g/mol. The summed E-state index contributed by atoms with van der Waals surface area (Å²) in [6.07, 6.45) is 2.77. The molecule has 0 saturated carbocycles. The lowest BCUT2D eigenvalue weighted by Gasteiger charge is -2.12. The number of amides is 1. The van der Waals surface area contributed by atoms with Gasteiger partial charge >= 0.3 is 0 Å². The molecule has 0 bridgehead atoms. The number of ether oxygens (including phenoxy) is 1. The Kier molecular flexibility index (Phi) is 5.16. The summed E-state index contributed by atoms with van der Waals surface area (Å²) < 4.78 is 6.39. The highest BCUT2D eigenvalue weighted by Gasteiger charge is 2.21. The third kappa shape index (κ3) is 3.73. The Hall–Kier alpha value is -2.23. The number of nitriles is 1. The van der Waals surface area contributed by atoms with Crippen molar-refractivity contribution in [2.24, 2.45) is 0 Å². The van der Waals surface area contributed by atoms with Gasteiger partial charge in [0.15, 0.2) is 6.61 Å². The van der Waals surface area contributed by atoms with Gasteiger partial charge in [-0.1, -0.05) is 24.4 Å². The largest absolute Gasteiger partial charge is 0.483 e. The van der Waals surface area contributed by atoms with Gasteiger partial charge in [0.2, 0.25) is 0 Å². The molecule has 1 aromatic heterocycles. The summed E-state index contributed by atoms with van der Waals surface area (Å²) in [7, 11) is 0. The number of rotatable bonds is 4. The number of anilines is 1. The molecule has 6 heteroatoms. The molecule has 1 N–H and O–H groups in total. The van der Waals surface area contributed by atoms with Crippen molar-refractivity contribution in [3.8, 4) is 11.8 Å². The Bertz CT molecular complexity index is 942. The van der Waals surface area contributed by atoms with Crippen molar-refractivity contribution in [3.05, 3.63) is 49.8 Å². The first-order valence-corrected chi connectivity index (χ1v) is 9.31. The van der Waals surface area contributed by atoms with Crippen LogP contribution in [0.1, 0.15) is 34.2 Å². The van der Waals surface area contributed by atoms with Crippen LogP contribution in [0.25, 0.3) is 0 Å². The molecule has 2 aromatic rings. The second kappa shape index (κ2) is 7.34. The fourth-order valence-corrected chi connectivity index (χ4v) is 4.41. The van der Waals surface area contributed by atoms with E-state index in [0.717, 1.165) is 45.3 Å². The number of carbonyl (C=O) groups excluding carboxylic acids is 1. The molecule has 0 radical (unpaired) electrons. The average Bonchev–Trinajstić information content (AvgIpc) is 3.06. The number of fused-ring (bicyclic) bond motifs is 1. The van der Waals surface area contributed by atoms with Crippen LogP contribution < -0.4 is 10.1 Å². The summed E-state index contributed by atoms with van der Waals surface area (Å²) in [6.45, 7) is 3.81. The molecular weight excluding hydrogens is 352 g/mol. The minimum atomic E-state index is -0.291. The normalized spacial score (nSPS) is 12.4. The molecule has 0 saturated heterocycles. The monoisotopic (exact) mass is 370 g/mol. The standard InChI is InChI=1S/C19H18N2O2S2/c1-11-6-7-12(2)16(8-11)23-10-17(22)21-18-15(9-20)13-4-3-5-14(13)19(24)25-18/h6-8H,3-5,10H2,1-2H3,(H,21,22). The van der Waals surface area contributed by atoms with E-state index in [9.17, 15) is 10.1 Å². The summed E-state index contributed by atoms with van der Waals surface area (Å²) in [5.74, 6) is 0.401. The smallest absolute Gasteiger partial charge is 0.262 e. The van der Waals surface area contributed by atoms with Crippen LogP contribution in [0.5, 0.6) is 5.75 Å². The zero-order valence-corrected chi connectivity index (χ0v) is 15.8. The van der Waals surface area contributed by atoms with E-state index in [4.69, 9.17) is 17.0 Å². The lowest BCUT2D eigenvalue weighted by Crippen LogP contribution is -2.21. The Morgan fingerprint density at radius 1 is 1.36 bits per heavy atom. The van der Waals surface area contributed by atoms with Gasteiger partial charge in [0.05, 0.1) is 9.39 Å². The molecule has 3 rings (SSSR count). The van der Waals surface area contributed by atoms with Crippen molar-refractivity contribution in [3.63, 3.8) is 0 Å². The van der Waals surface area contributed by atoms with E-state index >= 15 is 0 Å². The molecule has 0 unspecified atom stereocenters. The van der Waals surface area contributed by atoms with Crippen molar-refractivity contribution in [1.29, 1.82) is 5.26 Å². The van der Waals surface area contributed by atoms with Crippen molar-refractivity contribution in [2.45, 2.75) is 33.1 Å². The third-order valence-corrected chi connectivity index (χ3v) is 5.69. The number of carbonyl (C=O) groups is 1. The first kappa shape index (κ1) is 17.6. The molecule has 1 heterocycles. The molecule has 0 aliphatic heterocycles. The lowest BCUT2D eigenvalue weighted by atomic mass is 10.1. The third-order valence-electron chi connectivity index (χ3n) is 4.25. The number of nitrogens with one attached hydrogen (secondary N) is 1. The van der Waals surface area contributed by atoms with Crippen LogP contribution in [0.4, 0.5) is 5.00 Å². The lowest BCUT2D eigenvalue weighted by molar-refractivity contribution is -0.118. The summed E-state index contributed by atoms with van der Waals surface area (Å²) in [4.78, 5) is 12.3. The van der Waals surface area contributed by atoms with E-state index in [2.05, 4.69) is 11.4 Å². The van der Waals surface area contributed by atoms with Crippen LogP contribution in [0, 0.1) is 29.0 Å².